The van der Waals surface area contributed by atoms with Gasteiger partial charge >= 0.3 is 12.1 Å². The van der Waals surface area contributed by atoms with Crippen molar-refractivity contribution in [3.63, 3.8) is 0 Å². The lowest BCUT2D eigenvalue weighted by Gasteiger charge is -2.19. The molecule has 0 amide bonds. The number of carboxylic acid groups (broad SMARTS) is 1. The lowest BCUT2D eigenvalue weighted by Crippen LogP contribution is -2.30. The van der Waals surface area contributed by atoms with E-state index in [-0.39, 0.29) is 24.6 Å². The second kappa shape index (κ2) is 8.89. The summed E-state index contributed by atoms with van der Waals surface area (Å²) in [6, 6.07) is 4.32. The van der Waals surface area contributed by atoms with Crippen LogP contribution in [0.5, 0.6) is 0 Å². The first-order valence-electron chi connectivity index (χ1n) is 9.53. The van der Waals surface area contributed by atoms with Gasteiger partial charge in [0.05, 0.1) is 29.1 Å². The van der Waals surface area contributed by atoms with Crippen LogP contribution in [-0.4, -0.2) is 50.1 Å². The fraction of sp³-hybridized carbons (Fsp3) is 0.450. The number of alkyl halides is 3. The van der Waals surface area contributed by atoms with E-state index >= 15 is 0 Å². The maximum atomic E-state index is 13.6. The summed E-state index contributed by atoms with van der Waals surface area (Å²) < 4.78 is 72.5. The molecule has 2 atom stereocenters. The zero-order valence-corrected chi connectivity index (χ0v) is 18.5. The fourth-order valence-electron chi connectivity index (χ4n) is 3.19. The van der Waals surface area contributed by atoms with Gasteiger partial charge in [-0.2, -0.15) is 17.5 Å². The largest absolute Gasteiger partial charge is 0.481 e. The molecule has 1 saturated heterocycles. The number of carboxylic acids is 1. The molecule has 1 N–H and O–H groups in total. The van der Waals surface area contributed by atoms with Crippen molar-refractivity contribution in [1.29, 1.82) is 0 Å². The van der Waals surface area contributed by atoms with Gasteiger partial charge in [-0.1, -0.05) is 6.92 Å². The first kappa shape index (κ1) is 23.7. The molecule has 1 aromatic carbocycles. The van der Waals surface area contributed by atoms with Gasteiger partial charge in [-0.05, 0) is 53.6 Å². The van der Waals surface area contributed by atoms with E-state index in [1.165, 1.54) is 24.5 Å². The van der Waals surface area contributed by atoms with Crippen molar-refractivity contribution in [3.05, 3.63) is 40.1 Å². The van der Waals surface area contributed by atoms with Gasteiger partial charge in [0.15, 0.2) is 0 Å². The van der Waals surface area contributed by atoms with Crippen LogP contribution in [0.4, 0.5) is 13.2 Å². The van der Waals surface area contributed by atoms with Crippen molar-refractivity contribution in [2.24, 2.45) is 5.92 Å². The summed E-state index contributed by atoms with van der Waals surface area (Å²) in [6.07, 6.45) is -4.49. The molecule has 0 aliphatic carbocycles. The Balaban J connectivity index is 2.07. The van der Waals surface area contributed by atoms with Gasteiger partial charge in [-0.15, -0.1) is 11.3 Å². The molecule has 1 unspecified atom stereocenters. The van der Waals surface area contributed by atoms with Gasteiger partial charge in [-0.25, -0.2) is 8.42 Å². The van der Waals surface area contributed by atoms with E-state index in [9.17, 15) is 31.5 Å². The number of nitrogens with zero attached hydrogens (tertiary/aromatic N) is 1. The van der Waals surface area contributed by atoms with Gasteiger partial charge in [0.1, 0.15) is 0 Å². The average Bonchev–Trinajstić information content (AvgIpc) is 3.38. The molecule has 0 saturated carbocycles. The van der Waals surface area contributed by atoms with Crippen LogP contribution in [0.15, 0.2) is 34.5 Å². The van der Waals surface area contributed by atoms with E-state index in [4.69, 9.17) is 4.74 Å². The second-order valence-electron chi connectivity index (χ2n) is 7.39. The lowest BCUT2D eigenvalue weighted by atomic mass is 9.96. The normalized spacial score (nSPS) is 17.7. The first-order chi connectivity index (χ1) is 14.4. The quantitative estimate of drug-likeness (QED) is 0.550. The summed E-state index contributed by atoms with van der Waals surface area (Å²) in [4.78, 5) is 11.5. The Morgan fingerprint density at radius 3 is 2.58 bits per heavy atom. The molecule has 6 nitrogen and oxygen atoms in total. The Morgan fingerprint density at radius 2 is 2.03 bits per heavy atom. The minimum Gasteiger partial charge on any atom is -0.481 e. The van der Waals surface area contributed by atoms with Crippen LogP contribution in [0.25, 0.3) is 11.1 Å². The van der Waals surface area contributed by atoms with Gasteiger partial charge in [-0.3, -0.25) is 4.79 Å². The van der Waals surface area contributed by atoms with Gasteiger partial charge in [0.25, 0.3) is 0 Å². The maximum Gasteiger partial charge on any atom is 0.416 e. The standard InChI is InChI=1S/C20H22F3NO5S2/c1-3-12(19(25)26)8-18-17(4-5-30-18)13-6-14(20(21,22)23)9-16(7-13)31(27,28)24(2)10-15-11-29-15/h4-7,9,12,15H,3,8,10-11H2,1-2H3,(H,25,26)/t12-,15?/m0/s1. The predicted molar refractivity (Wildman–Crippen MR) is 109 cm³/mol. The molecule has 2 aromatic rings. The van der Waals surface area contributed by atoms with Crippen molar-refractivity contribution < 1.29 is 36.2 Å². The van der Waals surface area contributed by atoms with Crippen LogP contribution >= 0.6 is 11.3 Å². The van der Waals surface area contributed by atoms with Gasteiger partial charge in [0, 0.05) is 18.5 Å². The third kappa shape index (κ3) is 5.46. The number of thiophene rings is 1. The Bertz CT molecular complexity index is 1060. The average molecular weight is 478 g/mol. The molecule has 170 valence electrons. The molecule has 1 fully saturated rings. The minimum absolute atomic E-state index is 0.0500. The summed E-state index contributed by atoms with van der Waals surface area (Å²) in [5.41, 5.74) is -0.594. The van der Waals surface area contributed by atoms with Crippen LogP contribution < -0.4 is 0 Å². The van der Waals surface area contributed by atoms with E-state index in [0.717, 1.165) is 10.4 Å². The van der Waals surface area contributed by atoms with E-state index in [1.807, 2.05) is 0 Å². The van der Waals surface area contributed by atoms with Crippen molar-refractivity contribution in [2.75, 3.05) is 20.2 Å². The molecule has 1 aliphatic rings. The highest BCUT2D eigenvalue weighted by Crippen LogP contribution is 2.38. The third-order valence-electron chi connectivity index (χ3n) is 5.14. The van der Waals surface area contributed by atoms with E-state index in [2.05, 4.69) is 0 Å². The molecular formula is C20H22F3NO5S2. The van der Waals surface area contributed by atoms with Crippen LogP contribution in [-0.2, 0) is 32.2 Å². The number of benzene rings is 1. The Kier molecular flexibility index (Phi) is 6.80. The number of aliphatic carboxylic acids is 1. The number of halogens is 3. The van der Waals surface area contributed by atoms with Crippen LogP contribution in [0, 0.1) is 5.92 Å². The first-order valence-corrected chi connectivity index (χ1v) is 11.8. The number of ether oxygens (including phenoxy) is 1. The highest BCUT2D eigenvalue weighted by atomic mass is 32.2. The molecule has 0 spiro atoms. The molecule has 1 aliphatic heterocycles. The van der Waals surface area contributed by atoms with Crippen molar-refractivity contribution in [1.82, 2.24) is 4.31 Å². The van der Waals surface area contributed by atoms with Crippen LogP contribution in [0.1, 0.15) is 23.8 Å². The van der Waals surface area contributed by atoms with E-state index < -0.39 is 38.5 Å². The monoisotopic (exact) mass is 477 g/mol. The molecule has 0 radical (unpaired) electrons. The van der Waals surface area contributed by atoms with Crippen LogP contribution in [0.3, 0.4) is 0 Å². The molecule has 11 heteroatoms. The molecular weight excluding hydrogens is 455 g/mol. The summed E-state index contributed by atoms with van der Waals surface area (Å²) in [7, 11) is -2.88. The second-order valence-corrected chi connectivity index (χ2v) is 10.4. The smallest absolute Gasteiger partial charge is 0.416 e. The number of hydrogen-bond acceptors (Lipinski definition) is 5. The molecule has 1 aromatic heterocycles. The maximum absolute atomic E-state index is 13.6. The van der Waals surface area contributed by atoms with E-state index in [1.54, 1.807) is 18.4 Å². The summed E-state index contributed by atoms with van der Waals surface area (Å²) in [6.45, 7) is 2.18. The zero-order chi connectivity index (χ0) is 23.0. The third-order valence-corrected chi connectivity index (χ3v) is 7.88. The molecule has 31 heavy (non-hydrogen) atoms. The highest BCUT2D eigenvalue weighted by molar-refractivity contribution is 7.89. The van der Waals surface area contributed by atoms with Gasteiger partial charge in [0.2, 0.25) is 10.0 Å². The number of likely N-dealkylation sites (N-methyl/N-ethyl adjacent to an activating group) is 1. The Labute approximate surface area is 182 Å². The predicted octanol–water partition coefficient (Wildman–Crippen LogP) is 4.11. The van der Waals surface area contributed by atoms with Crippen molar-refractivity contribution in [2.45, 2.75) is 36.9 Å². The zero-order valence-electron chi connectivity index (χ0n) is 16.8. The summed E-state index contributed by atoms with van der Waals surface area (Å²) >= 11 is 1.23. The summed E-state index contributed by atoms with van der Waals surface area (Å²) in [5.74, 6) is -1.67. The fourth-order valence-corrected chi connectivity index (χ4v) is 5.44. The molecule has 2 heterocycles. The van der Waals surface area contributed by atoms with Gasteiger partial charge < -0.3 is 9.84 Å². The highest BCUT2D eigenvalue weighted by Gasteiger charge is 2.35. The molecule has 0 bridgehead atoms. The van der Waals surface area contributed by atoms with E-state index in [0.29, 0.717) is 29.5 Å². The number of rotatable bonds is 9. The minimum atomic E-state index is -4.75. The number of hydrogen-bond donors (Lipinski definition) is 1. The number of carbonyl (C=O) groups is 1. The molecule has 3 rings (SSSR count). The Hall–Kier alpha value is -1.95. The SMILES string of the molecule is CC[C@@H](Cc1sccc1-c1cc(C(F)(F)F)cc(S(=O)(=O)N(C)CC2CO2)c1)C(=O)O. The Morgan fingerprint density at radius 1 is 1.35 bits per heavy atom. The topological polar surface area (TPSA) is 87.2 Å². The lowest BCUT2D eigenvalue weighted by molar-refractivity contribution is -0.141. The number of sulfonamides is 1. The number of epoxide rings is 1. The van der Waals surface area contributed by atoms with Crippen molar-refractivity contribution >= 4 is 27.3 Å². The summed E-state index contributed by atoms with van der Waals surface area (Å²) in [5, 5.41) is 11.0. The van der Waals surface area contributed by atoms with Crippen LogP contribution in [0.2, 0.25) is 0 Å². The van der Waals surface area contributed by atoms with Crippen molar-refractivity contribution in [3.8, 4) is 11.1 Å².